The zero-order valence-electron chi connectivity index (χ0n) is 14.0. The minimum absolute atomic E-state index is 0. The molecule has 0 amide bonds. The molecule has 0 radical (unpaired) electrons. The molecular formula is C18H25BINO2. The van der Waals surface area contributed by atoms with Crippen LogP contribution in [-0.2, 0) is 9.31 Å². The van der Waals surface area contributed by atoms with Crippen LogP contribution in [-0.4, -0.2) is 24.4 Å². The number of rotatable bonds is 1. The number of anilines is 1. The Bertz CT molecular complexity index is 674. The van der Waals surface area contributed by atoms with Gasteiger partial charge in [-0.25, -0.2) is 0 Å². The van der Waals surface area contributed by atoms with E-state index in [0.717, 1.165) is 5.46 Å². The maximum atomic E-state index is 6.17. The van der Waals surface area contributed by atoms with Crippen LogP contribution in [0.2, 0.25) is 0 Å². The van der Waals surface area contributed by atoms with E-state index in [1.165, 1.54) is 11.3 Å². The van der Waals surface area contributed by atoms with E-state index in [0.29, 0.717) is 12.0 Å². The smallest absolute Gasteiger partial charge is 0.399 e. The summed E-state index contributed by atoms with van der Waals surface area (Å²) in [7, 11) is -0.294. The molecule has 1 aromatic carbocycles. The van der Waals surface area contributed by atoms with Crippen molar-refractivity contribution in [3.05, 3.63) is 48.1 Å². The van der Waals surface area contributed by atoms with Crippen LogP contribution in [0.25, 0.3) is 0 Å². The Balaban J connectivity index is 0.00000104. The fourth-order valence-electron chi connectivity index (χ4n) is 3.34. The minimum Gasteiger partial charge on any atom is -0.399 e. The Morgan fingerprint density at radius 2 is 1.70 bits per heavy atom. The minimum atomic E-state index is -0.301. The van der Waals surface area contributed by atoms with Gasteiger partial charge < -0.3 is 14.6 Å². The third kappa shape index (κ3) is 2.66. The third-order valence-corrected chi connectivity index (χ3v) is 5.42. The molecule has 2 atom stereocenters. The van der Waals surface area contributed by atoms with Crippen LogP contribution in [0.5, 0.6) is 0 Å². The highest BCUT2D eigenvalue weighted by Crippen LogP contribution is 2.40. The van der Waals surface area contributed by atoms with Gasteiger partial charge in [-0.1, -0.05) is 36.4 Å². The SMILES string of the molecule is CC1(C)OB(c2ccc3c(c2)C2C=CC=CC2N3)OC1(C)C.I.[HH]. The summed E-state index contributed by atoms with van der Waals surface area (Å²) in [4.78, 5) is 0. The van der Waals surface area contributed by atoms with Gasteiger partial charge >= 0.3 is 7.12 Å². The standard InChI is InChI=1S/C18H22BNO2.HI.H2/c1-17(2)18(3,4)22-19(21-17)12-9-10-16-14(11-12)13-7-5-6-8-15(13)20-16;;/h5-11,13,15,20H,1-4H3;2*1H. The molecular weight excluding hydrogens is 400 g/mol. The van der Waals surface area contributed by atoms with Crippen LogP contribution in [0.3, 0.4) is 0 Å². The van der Waals surface area contributed by atoms with E-state index >= 15 is 0 Å². The molecule has 1 saturated heterocycles. The summed E-state index contributed by atoms with van der Waals surface area (Å²) in [6, 6.07) is 6.86. The molecule has 2 heterocycles. The molecule has 0 saturated carbocycles. The van der Waals surface area contributed by atoms with Crippen molar-refractivity contribution in [1.82, 2.24) is 0 Å². The first kappa shape index (κ1) is 17.1. The van der Waals surface area contributed by atoms with Gasteiger partial charge in [0.2, 0.25) is 0 Å². The lowest BCUT2D eigenvalue weighted by atomic mass is 9.77. The Morgan fingerprint density at radius 1 is 1.04 bits per heavy atom. The van der Waals surface area contributed by atoms with E-state index in [-0.39, 0.29) is 43.7 Å². The molecule has 3 aliphatic rings. The highest BCUT2D eigenvalue weighted by molar-refractivity contribution is 14.0. The van der Waals surface area contributed by atoms with Gasteiger partial charge in [0.05, 0.1) is 17.2 Å². The average molecular weight is 425 g/mol. The summed E-state index contributed by atoms with van der Waals surface area (Å²) in [6.07, 6.45) is 8.71. The Kier molecular flexibility index (Phi) is 4.18. The van der Waals surface area contributed by atoms with Gasteiger partial charge in [0.15, 0.2) is 0 Å². The maximum Gasteiger partial charge on any atom is 0.494 e. The molecule has 3 nitrogen and oxygen atoms in total. The van der Waals surface area contributed by atoms with Gasteiger partial charge in [0.25, 0.3) is 0 Å². The highest BCUT2D eigenvalue weighted by Gasteiger charge is 2.51. The Morgan fingerprint density at radius 3 is 2.39 bits per heavy atom. The second kappa shape index (κ2) is 5.64. The van der Waals surface area contributed by atoms with Gasteiger partial charge in [-0.15, -0.1) is 24.0 Å². The zero-order chi connectivity index (χ0) is 15.5. The van der Waals surface area contributed by atoms with Crippen molar-refractivity contribution in [2.75, 3.05) is 5.32 Å². The van der Waals surface area contributed by atoms with Crippen molar-refractivity contribution < 1.29 is 10.7 Å². The summed E-state index contributed by atoms with van der Waals surface area (Å²) in [5.41, 5.74) is 3.04. The van der Waals surface area contributed by atoms with E-state index in [9.17, 15) is 0 Å². The highest BCUT2D eigenvalue weighted by atomic mass is 127. The molecule has 1 N–H and O–H groups in total. The fourth-order valence-corrected chi connectivity index (χ4v) is 3.34. The lowest BCUT2D eigenvalue weighted by Crippen LogP contribution is -2.41. The van der Waals surface area contributed by atoms with Crippen LogP contribution in [0.15, 0.2) is 42.5 Å². The number of allylic oxidation sites excluding steroid dienone is 2. The lowest BCUT2D eigenvalue weighted by Gasteiger charge is -2.32. The Hall–Kier alpha value is -0.785. The molecule has 0 bridgehead atoms. The van der Waals surface area contributed by atoms with Crippen LogP contribution in [0.1, 0.15) is 40.6 Å². The predicted octanol–water partition coefficient (Wildman–Crippen LogP) is 3.85. The molecule has 23 heavy (non-hydrogen) atoms. The molecule has 4 rings (SSSR count). The molecule has 2 aliphatic heterocycles. The van der Waals surface area contributed by atoms with Gasteiger partial charge in [0.1, 0.15) is 0 Å². The molecule has 5 heteroatoms. The van der Waals surface area contributed by atoms with E-state index in [1.54, 1.807) is 0 Å². The molecule has 124 valence electrons. The van der Waals surface area contributed by atoms with Gasteiger partial charge in [-0.05, 0) is 44.8 Å². The van der Waals surface area contributed by atoms with E-state index in [2.05, 4.69) is 75.5 Å². The third-order valence-electron chi connectivity index (χ3n) is 5.42. The number of halogens is 1. The van der Waals surface area contributed by atoms with E-state index < -0.39 is 0 Å². The first-order valence-electron chi connectivity index (χ1n) is 7.98. The van der Waals surface area contributed by atoms with Crippen molar-refractivity contribution in [2.45, 2.75) is 50.9 Å². The summed E-state index contributed by atoms with van der Waals surface area (Å²) < 4.78 is 12.3. The summed E-state index contributed by atoms with van der Waals surface area (Å²) in [5, 5.41) is 3.57. The van der Waals surface area contributed by atoms with Gasteiger partial charge in [0, 0.05) is 13.0 Å². The van der Waals surface area contributed by atoms with Crippen molar-refractivity contribution >= 4 is 42.2 Å². The molecule has 0 aromatic heterocycles. The first-order chi connectivity index (χ1) is 10.4. The Labute approximate surface area is 157 Å². The van der Waals surface area contributed by atoms with Gasteiger partial charge in [-0.2, -0.15) is 0 Å². The van der Waals surface area contributed by atoms with Gasteiger partial charge in [-0.3, -0.25) is 0 Å². The van der Waals surface area contributed by atoms with Crippen molar-refractivity contribution in [1.29, 1.82) is 0 Å². The van der Waals surface area contributed by atoms with Crippen LogP contribution in [0.4, 0.5) is 5.69 Å². The average Bonchev–Trinajstić information content (AvgIpc) is 2.93. The van der Waals surface area contributed by atoms with Crippen molar-refractivity contribution in [3.8, 4) is 0 Å². The first-order valence-corrected chi connectivity index (χ1v) is 7.98. The van der Waals surface area contributed by atoms with E-state index in [4.69, 9.17) is 9.31 Å². The fraction of sp³-hybridized carbons (Fsp3) is 0.444. The largest absolute Gasteiger partial charge is 0.494 e. The summed E-state index contributed by atoms with van der Waals surface area (Å²) in [6.45, 7) is 8.36. The second-order valence-electron chi connectivity index (χ2n) is 7.40. The number of nitrogens with one attached hydrogen (secondary N) is 1. The predicted molar refractivity (Wildman–Crippen MR) is 108 cm³/mol. The second-order valence-corrected chi connectivity index (χ2v) is 7.40. The topological polar surface area (TPSA) is 30.5 Å². The molecule has 1 fully saturated rings. The number of benzene rings is 1. The quantitative estimate of drug-likeness (QED) is 0.548. The summed E-state index contributed by atoms with van der Waals surface area (Å²) >= 11 is 0. The molecule has 0 spiro atoms. The normalized spacial score (nSPS) is 28.8. The van der Waals surface area contributed by atoms with Crippen molar-refractivity contribution in [3.63, 3.8) is 0 Å². The summed E-state index contributed by atoms with van der Waals surface area (Å²) in [5.74, 6) is 0.405. The van der Waals surface area contributed by atoms with Crippen LogP contribution in [0, 0.1) is 0 Å². The lowest BCUT2D eigenvalue weighted by molar-refractivity contribution is 0.00578. The molecule has 1 aliphatic carbocycles. The van der Waals surface area contributed by atoms with Crippen LogP contribution >= 0.6 is 24.0 Å². The molecule has 1 aromatic rings. The van der Waals surface area contributed by atoms with Crippen molar-refractivity contribution in [2.24, 2.45) is 0 Å². The van der Waals surface area contributed by atoms with E-state index in [1.807, 2.05) is 0 Å². The number of fused-ring (bicyclic) bond motifs is 3. The zero-order valence-corrected chi connectivity index (χ0v) is 16.3. The monoisotopic (exact) mass is 425 g/mol. The van der Waals surface area contributed by atoms with Crippen LogP contribution < -0.4 is 10.8 Å². The number of hydrogen-bond donors (Lipinski definition) is 1. The molecule has 2 unspecified atom stereocenters. The number of hydrogen-bond acceptors (Lipinski definition) is 3. The maximum absolute atomic E-state index is 6.17.